The molecule has 1 amide bonds. The van der Waals surface area contributed by atoms with E-state index in [4.69, 9.17) is 9.52 Å². The summed E-state index contributed by atoms with van der Waals surface area (Å²) in [6, 6.07) is 5.49. The zero-order chi connectivity index (χ0) is 19.4. The number of carboxylic acids is 1. The molecule has 2 rings (SSSR count). The second kappa shape index (κ2) is 8.05. The highest BCUT2D eigenvalue weighted by molar-refractivity contribution is 8.00. The number of thioether (sulfide) groups is 1. The predicted molar refractivity (Wildman–Crippen MR) is 95.7 cm³/mol. The third kappa shape index (κ3) is 4.63. The quantitative estimate of drug-likeness (QED) is 0.428. The lowest BCUT2D eigenvalue weighted by molar-refractivity contribution is -0.384. The van der Waals surface area contributed by atoms with Crippen molar-refractivity contribution in [3.63, 3.8) is 0 Å². The van der Waals surface area contributed by atoms with E-state index in [1.165, 1.54) is 36.9 Å². The van der Waals surface area contributed by atoms with Crippen molar-refractivity contribution in [3.8, 4) is 0 Å². The minimum atomic E-state index is -1.11. The number of nitrogens with zero attached hydrogens (tertiary/aromatic N) is 1. The molecular formula is C17H18N2O6S. The summed E-state index contributed by atoms with van der Waals surface area (Å²) < 4.78 is 5.31. The Morgan fingerprint density at radius 3 is 2.54 bits per heavy atom. The van der Waals surface area contributed by atoms with Gasteiger partial charge < -0.3 is 14.8 Å². The van der Waals surface area contributed by atoms with E-state index in [0.717, 1.165) is 0 Å². The Morgan fingerprint density at radius 2 is 2.00 bits per heavy atom. The Bertz CT molecular complexity index is 859. The second-order valence-corrected chi connectivity index (χ2v) is 7.39. The highest BCUT2D eigenvalue weighted by Gasteiger charge is 2.19. The summed E-state index contributed by atoms with van der Waals surface area (Å²) in [6.07, 6.45) is 0. The average molecular weight is 378 g/mol. The molecular weight excluding hydrogens is 360 g/mol. The number of aryl methyl sites for hydroxylation is 1. The van der Waals surface area contributed by atoms with Gasteiger partial charge in [-0.05, 0) is 19.1 Å². The molecule has 1 aromatic heterocycles. The Balaban J connectivity index is 2.22. The summed E-state index contributed by atoms with van der Waals surface area (Å²) in [4.78, 5) is 34.6. The van der Waals surface area contributed by atoms with Crippen molar-refractivity contribution in [1.29, 1.82) is 0 Å². The first-order chi connectivity index (χ1) is 12.2. The normalized spacial score (nSPS) is 10.8. The van der Waals surface area contributed by atoms with Crippen LogP contribution in [0.1, 0.15) is 46.1 Å². The Kier molecular flexibility index (Phi) is 6.04. The van der Waals surface area contributed by atoms with Gasteiger partial charge in [0.25, 0.3) is 11.6 Å². The van der Waals surface area contributed by atoms with Crippen LogP contribution in [-0.4, -0.2) is 27.2 Å². The van der Waals surface area contributed by atoms with Crippen LogP contribution in [0.3, 0.4) is 0 Å². The second-order valence-electron chi connectivity index (χ2n) is 5.77. The fourth-order valence-electron chi connectivity index (χ4n) is 2.27. The van der Waals surface area contributed by atoms with Gasteiger partial charge in [-0.2, -0.15) is 0 Å². The summed E-state index contributed by atoms with van der Waals surface area (Å²) in [5.41, 5.74) is 0.0468. The number of nitrogens with one attached hydrogen (secondary N) is 1. The van der Waals surface area contributed by atoms with Crippen LogP contribution >= 0.6 is 11.8 Å². The summed E-state index contributed by atoms with van der Waals surface area (Å²) in [6.45, 7) is 5.40. The van der Waals surface area contributed by atoms with Crippen molar-refractivity contribution in [2.45, 2.75) is 37.5 Å². The molecule has 0 saturated heterocycles. The highest BCUT2D eigenvalue weighted by Crippen LogP contribution is 2.29. The van der Waals surface area contributed by atoms with Crippen LogP contribution in [0.2, 0.25) is 0 Å². The summed E-state index contributed by atoms with van der Waals surface area (Å²) in [7, 11) is 0. The molecule has 2 N–H and O–H groups in total. The lowest BCUT2D eigenvalue weighted by atomic mass is 10.2. The lowest BCUT2D eigenvalue weighted by Gasteiger charge is -2.11. The molecule has 0 fully saturated rings. The van der Waals surface area contributed by atoms with Gasteiger partial charge in [-0.15, -0.1) is 11.8 Å². The van der Waals surface area contributed by atoms with E-state index in [1.54, 1.807) is 6.07 Å². The fraction of sp³-hybridized carbons (Fsp3) is 0.294. The van der Waals surface area contributed by atoms with Crippen LogP contribution in [-0.2, 0) is 6.54 Å². The molecule has 0 aliphatic rings. The number of non-ortho nitro benzene ring substituents is 1. The molecule has 0 unspecified atom stereocenters. The molecule has 2 aromatic rings. The monoisotopic (exact) mass is 378 g/mol. The first kappa shape index (κ1) is 19.5. The number of carbonyl (C=O) groups is 2. The van der Waals surface area contributed by atoms with Gasteiger partial charge in [0.15, 0.2) is 0 Å². The first-order valence-corrected chi connectivity index (χ1v) is 8.63. The van der Waals surface area contributed by atoms with E-state index in [2.05, 4.69) is 5.32 Å². The van der Waals surface area contributed by atoms with Crippen molar-refractivity contribution < 1.29 is 24.0 Å². The summed E-state index contributed by atoms with van der Waals surface area (Å²) in [5, 5.41) is 22.8. The van der Waals surface area contributed by atoms with Gasteiger partial charge in [0.05, 0.1) is 17.0 Å². The van der Waals surface area contributed by atoms with Crippen LogP contribution in [0.25, 0.3) is 0 Å². The van der Waals surface area contributed by atoms with E-state index >= 15 is 0 Å². The molecule has 0 aliphatic carbocycles. The van der Waals surface area contributed by atoms with Crippen LogP contribution < -0.4 is 5.32 Å². The van der Waals surface area contributed by atoms with Gasteiger partial charge in [-0.1, -0.05) is 13.8 Å². The van der Waals surface area contributed by atoms with E-state index in [1.807, 2.05) is 13.8 Å². The van der Waals surface area contributed by atoms with Crippen molar-refractivity contribution in [2.24, 2.45) is 0 Å². The maximum atomic E-state index is 12.5. The highest BCUT2D eigenvalue weighted by atomic mass is 32.2. The first-order valence-electron chi connectivity index (χ1n) is 7.75. The lowest BCUT2D eigenvalue weighted by Crippen LogP contribution is -2.23. The number of carboxylic acid groups (broad SMARTS) is 1. The van der Waals surface area contributed by atoms with E-state index in [9.17, 15) is 19.7 Å². The van der Waals surface area contributed by atoms with Gasteiger partial charge in [-0.3, -0.25) is 14.9 Å². The predicted octanol–water partition coefficient (Wildman–Crippen LogP) is 3.62. The van der Waals surface area contributed by atoms with Gasteiger partial charge >= 0.3 is 5.97 Å². The third-order valence-corrected chi connectivity index (χ3v) is 4.48. The SMILES string of the molecule is Cc1oc(CNC(=O)c2cc([N+](=O)[O-])ccc2SC(C)C)cc1C(=O)O. The molecule has 0 spiro atoms. The minimum Gasteiger partial charge on any atom is -0.478 e. The zero-order valence-corrected chi connectivity index (χ0v) is 15.3. The van der Waals surface area contributed by atoms with Crippen molar-refractivity contribution >= 4 is 29.3 Å². The number of rotatable bonds is 7. The third-order valence-electron chi connectivity index (χ3n) is 3.40. The van der Waals surface area contributed by atoms with Crippen molar-refractivity contribution in [3.05, 3.63) is 57.0 Å². The maximum Gasteiger partial charge on any atom is 0.339 e. The maximum absolute atomic E-state index is 12.5. The van der Waals surface area contributed by atoms with E-state index in [0.29, 0.717) is 4.90 Å². The van der Waals surface area contributed by atoms with Crippen LogP contribution in [0.15, 0.2) is 33.6 Å². The molecule has 1 aromatic carbocycles. The molecule has 8 nitrogen and oxygen atoms in total. The van der Waals surface area contributed by atoms with Crippen molar-refractivity contribution in [1.82, 2.24) is 5.32 Å². The number of amides is 1. The standard InChI is InChI=1S/C17H18N2O6S/c1-9(2)26-15-5-4-11(19(23)24)6-14(15)16(20)18-8-12-7-13(17(21)22)10(3)25-12/h4-7,9H,8H2,1-3H3,(H,18,20)(H,21,22). The number of hydrogen-bond donors (Lipinski definition) is 2. The van der Waals surface area contributed by atoms with Crippen molar-refractivity contribution in [2.75, 3.05) is 0 Å². The topological polar surface area (TPSA) is 123 Å². The van der Waals surface area contributed by atoms with Crippen LogP contribution in [0.4, 0.5) is 5.69 Å². The molecule has 0 aliphatic heterocycles. The summed E-state index contributed by atoms with van der Waals surface area (Å²) in [5.74, 6) is -1.08. The minimum absolute atomic E-state index is 0.0264. The van der Waals surface area contributed by atoms with Crippen LogP contribution in [0.5, 0.6) is 0 Å². The Labute approximate surface area is 153 Å². The summed E-state index contributed by atoms with van der Waals surface area (Å²) >= 11 is 1.42. The number of nitro groups is 1. The molecule has 9 heteroatoms. The molecule has 0 radical (unpaired) electrons. The number of hydrogen-bond acceptors (Lipinski definition) is 6. The molecule has 0 saturated carbocycles. The molecule has 26 heavy (non-hydrogen) atoms. The number of furan rings is 1. The van der Waals surface area contributed by atoms with Gasteiger partial charge in [0, 0.05) is 22.3 Å². The van der Waals surface area contributed by atoms with Gasteiger partial charge in [-0.25, -0.2) is 4.79 Å². The average Bonchev–Trinajstić information content (AvgIpc) is 2.93. The number of carbonyl (C=O) groups excluding carboxylic acids is 1. The zero-order valence-electron chi connectivity index (χ0n) is 14.4. The smallest absolute Gasteiger partial charge is 0.339 e. The Hall–Kier alpha value is -2.81. The Morgan fingerprint density at radius 1 is 1.31 bits per heavy atom. The largest absolute Gasteiger partial charge is 0.478 e. The molecule has 1 heterocycles. The van der Waals surface area contributed by atoms with Gasteiger partial charge in [0.1, 0.15) is 17.1 Å². The van der Waals surface area contributed by atoms with Crippen LogP contribution in [0, 0.1) is 17.0 Å². The number of nitro benzene ring substituents is 1. The fourth-order valence-corrected chi connectivity index (χ4v) is 3.20. The van der Waals surface area contributed by atoms with E-state index in [-0.39, 0.29) is 40.1 Å². The van der Waals surface area contributed by atoms with Gasteiger partial charge in [0.2, 0.25) is 0 Å². The molecule has 0 bridgehead atoms. The number of aromatic carboxylic acids is 1. The number of benzene rings is 1. The van der Waals surface area contributed by atoms with E-state index < -0.39 is 16.8 Å². The molecule has 0 atom stereocenters. The molecule has 138 valence electrons.